The van der Waals surface area contributed by atoms with Crippen LogP contribution in [0, 0.1) is 29.4 Å². The van der Waals surface area contributed by atoms with E-state index in [0.29, 0.717) is 43.8 Å². The number of rotatable bonds is 7. The molecule has 2 N–H and O–H groups in total. The zero-order valence-corrected chi connectivity index (χ0v) is 31.1. The quantitative estimate of drug-likeness (QED) is 0.237. The fourth-order valence-electron chi connectivity index (χ4n) is 9.87. The average molecular weight is 758 g/mol. The summed E-state index contributed by atoms with van der Waals surface area (Å²) in [6.07, 6.45) is 12.6. The predicted molar refractivity (Wildman–Crippen MR) is 199 cm³/mol. The monoisotopic (exact) mass is 757 g/mol. The molecule has 0 radical (unpaired) electrons. The largest absolute Gasteiger partial charge is 0.508 e. The smallest absolute Gasteiger partial charge is 0.319 e. The van der Waals surface area contributed by atoms with Crippen molar-refractivity contribution in [2.45, 2.75) is 75.3 Å². The molecule has 2 aromatic carbocycles. The molecule has 0 amide bonds. The molecule has 5 aliphatic rings. The number of piperidine rings is 1. The van der Waals surface area contributed by atoms with Crippen LogP contribution in [0.2, 0.25) is 0 Å². The van der Waals surface area contributed by atoms with E-state index in [-0.39, 0.29) is 81.7 Å². The highest BCUT2D eigenvalue weighted by atomic mass is 19.1. The van der Waals surface area contributed by atoms with Crippen LogP contribution in [0.3, 0.4) is 0 Å². The number of ether oxygens (including phenoxy) is 5. The SMILES string of the molecule is C#Cc1c(F)ccc2cc(O)cc(-c3nc(OC)c4c(N5CCOCC(C)(O)C5)nc(OCC56CCCC5N(C5CC7(C5)OCCO7)CCC6)nc4c3F)c12. The molecule has 290 valence electrons. The Labute approximate surface area is 317 Å². The van der Waals surface area contributed by atoms with Gasteiger partial charge in [-0.2, -0.15) is 9.97 Å². The summed E-state index contributed by atoms with van der Waals surface area (Å²) in [7, 11) is 1.40. The van der Waals surface area contributed by atoms with Crippen LogP contribution in [0.4, 0.5) is 14.6 Å². The van der Waals surface area contributed by atoms with E-state index in [1.54, 1.807) is 11.8 Å². The second kappa shape index (κ2) is 13.7. The number of aromatic hydroxyl groups is 1. The Morgan fingerprint density at radius 3 is 2.62 bits per heavy atom. The Bertz CT molecular complexity index is 2200. The van der Waals surface area contributed by atoms with Gasteiger partial charge in [0.15, 0.2) is 11.6 Å². The number of aromatic nitrogens is 3. The maximum Gasteiger partial charge on any atom is 0.319 e. The molecule has 1 spiro atoms. The van der Waals surface area contributed by atoms with E-state index in [0.717, 1.165) is 51.5 Å². The summed E-state index contributed by atoms with van der Waals surface area (Å²) in [5.41, 5.74) is -1.83. The maximum atomic E-state index is 17.3. The molecule has 3 saturated heterocycles. The Morgan fingerprint density at radius 1 is 1.04 bits per heavy atom. The first kappa shape index (κ1) is 36.3. The molecule has 55 heavy (non-hydrogen) atoms. The number of nitrogens with zero attached hydrogens (tertiary/aromatic N) is 5. The van der Waals surface area contributed by atoms with Crippen LogP contribution in [0.15, 0.2) is 24.3 Å². The van der Waals surface area contributed by atoms with Gasteiger partial charge in [0.05, 0.1) is 52.3 Å². The highest BCUT2D eigenvalue weighted by Gasteiger charge is 2.57. The summed E-state index contributed by atoms with van der Waals surface area (Å²) in [6.45, 7) is 5.12. The molecule has 9 rings (SSSR count). The van der Waals surface area contributed by atoms with Gasteiger partial charge in [0.25, 0.3) is 0 Å². The number of anilines is 1. The van der Waals surface area contributed by atoms with Crippen molar-refractivity contribution in [2.75, 3.05) is 64.7 Å². The van der Waals surface area contributed by atoms with Crippen molar-refractivity contribution in [3.8, 4) is 41.2 Å². The van der Waals surface area contributed by atoms with Gasteiger partial charge in [0, 0.05) is 47.8 Å². The van der Waals surface area contributed by atoms with E-state index in [1.807, 2.05) is 0 Å². The van der Waals surface area contributed by atoms with Gasteiger partial charge in [-0.25, -0.2) is 13.8 Å². The molecule has 5 fully saturated rings. The van der Waals surface area contributed by atoms with Crippen molar-refractivity contribution >= 4 is 27.5 Å². The summed E-state index contributed by atoms with van der Waals surface area (Å²) in [5, 5.41) is 22.7. The number of terminal acetylenes is 1. The number of likely N-dealkylation sites (tertiary alicyclic amines) is 1. The molecule has 14 heteroatoms. The predicted octanol–water partition coefficient (Wildman–Crippen LogP) is 5.33. The van der Waals surface area contributed by atoms with Crippen molar-refractivity contribution in [3.63, 3.8) is 0 Å². The minimum Gasteiger partial charge on any atom is -0.508 e. The fraction of sp³-hybridized carbons (Fsp3) is 0.537. The normalized spacial score (nSPS) is 26.9. The van der Waals surface area contributed by atoms with Crippen LogP contribution in [0.25, 0.3) is 32.9 Å². The van der Waals surface area contributed by atoms with Gasteiger partial charge >= 0.3 is 6.01 Å². The Morgan fingerprint density at radius 2 is 1.84 bits per heavy atom. The molecule has 3 atom stereocenters. The number of benzene rings is 2. The summed E-state index contributed by atoms with van der Waals surface area (Å²) >= 11 is 0. The molecule has 0 bridgehead atoms. The Hall–Kier alpha value is -4.39. The molecule has 3 unspecified atom stereocenters. The second-order valence-corrected chi connectivity index (χ2v) is 16.0. The van der Waals surface area contributed by atoms with E-state index in [9.17, 15) is 10.2 Å². The highest BCUT2D eigenvalue weighted by molar-refractivity contribution is 6.04. The van der Waals surface area contributed by atoms with Crippen molar-refractivity contribution in [1.82, 2.24) is 19.9 Å². The molecule has 2 aliphatic carbocycles. The number of aliphatic hydroxyl groups is 1. The standard InChI is InChI=1S/C41H45F2N5O7/c1-4-27-29(42)9-8-24-17-26(49)18-28(31(24)27)34-33(43)35-32(37(44-34)51-3)36(47-13-14-52-22-39(2,50)21-47)46-38(45-35)53-23-40-10-5-7-30(40)48(12-6-11-40)25-19-41(20-25)54-15-16-55-41/h1,8-9,17-18,25,30,49-50H,5-7,10-16,19-23H2,2-3H3. The topological polar surface area (TPSA) is 132 Å². The summed E-state index contributed by atoms with van der Waals surface area (Å²) in [6, 6.07) is 6.05. The number of fused-ring (bicyclic) bond motifs is 3. The summed E-state index contributed by atoms with van der Waals surface area (Å²) < 4.78 is 62.5. The number of halogens is 2. The van der Waals surface area contributed by atoms with Gasteiger partial charge in [-0.05, 0) is 62.7 Å². The molecule has 5 heterocycles. The van der Waals surface area contributed by atoms with Crippen molar-refractivity contribution in [2.24, 2.45) is 5.41 Å². The van der Waals surface area contributed by atoms with E-state index < -0.39 is 23.0 Å². The van der Waals surface area contributed by atoms with Crippen LogP contribution in [-0.4, -0.2) is 113 Å². The van der Waals surface area contributed by atoms with Gasteiger partial charge in [-0.15, -0.1) is 6.42 Å². The molecular formula is C41H45F2N5O7. The maximum absolute atomic E-state index is 17.3. The van der Waals surface area contributed by atoms with E-state index >= 15 is 8.78 Å². The van der Waals surface area contributed by atoms with E-state index in [2.05, 4.69) is 15.8 Å². The Balaban J connectivity index is 1.14. The number of methoxy groups -OCH3 is 1. The van der Waals surface area contributed by atoms with Crippen molar-refractivity contribution in [3.05, 3.63) is 41.5 Å². The first-order valence-electron chi connectivity index (χ1n) is 19.1. The average Bonchev–Trinajstić information content (AvgIpc) is 3.79. The number of phenolic OH excluding ortho intramolecular Hbond substituents is 1. The third-order valence-corrected chi connectivity index (χ3v) is 12.3. The lowest BCUT2D eigenvalue weighted by molar-refractivity contribution is -0.242. The lowest BCUT2D eigenvalue weighted by atomic mass is 9.72. The summed E-state index contributed by atoms with van der Waals surface area (Å²) in [4.78, 5) is 18.6. The number of phenols is 1. The number of β-amino-alcohol motifs (C(OH)–C–C–N with tert-alkyl or cyclic N) is 1. The first-order chi connectivity index (χ1) is 26.5. The zero-order valence-electron chi connectivity index (χ0n) is 31.1. The van der Waals surface area contributed by atoms with Gasteiger partial charge in [-0.1, -0.05) is 18.4 Å². The minimum absolute atomic E-state index is 0.0150. The lowest BCUT2D eigenvalue weighted by Gasteiger charge is -2.55. The van der Waals surface area contributed by atoms with Gasteiger partial charge in [-0.3, -0.25) is 4.90 Å². The molecule has 4 aromatic rings. The fourth-order valence-corrected chi connectivity index (χ4v) is 9.87. The lowest BCUT2D eigenvalue weighted by Crippen LogP contribution is -2.63. The van der Waals surface area contributed by atoms with E-state index in [4.69, 9.17) is 40.1 Å². The molecule has 12 nitrogen and oxygen atoms in total. The third kappa shape index (κ3) is 6.21. The van der Waals surface area contributed by atoms with Crippen LogP contribution >= 0.6 is 0 Å². The minimum atomic E-state index is -1.25. The number of hydrogen-bond donors (Lipinski definition) is 2. The van der Waals surface area contributed by atoms with Gasteiger partial charge < -0.3 is 38.8 Å². The van der Waals surface area contributed by atoms with Gasteiger partial charge in [0.1, 0.15) is 39.6 Å². The zero-order chi connectivity index (χ0) is 38.1. The van der Waals surface area contributed by atoms with E-state index in [1.165, 1.54) is 31.4 Å². The molecule has 2 aromatic heterocycles. The van der Waals surface area contributed by atoms with Crippen LogP contribution in [-0.2, 0) is 14.2 Å². The highest BCUT2D eigenvalue weighted by Crippen LogP contribution is 2.53. The molecule has 3 aliphatic heterocycles. The number of hydrogen-bond acceptors (Lipinski definition) is 12. The van der Waals surface area contributed by atoms with Crippen LogP contribution < -0.4 is 14.4 Å². The van der Waals surface area contributed by atoms with Crippen LogP contribution in [0.1, 0.15) is 57.4 Å². The van der Waals surface area contributed by atoms with Crippen molar-refractivity contribution in [1.29, 1.82) is 0 Å². The first-order valence-corrected chi connectivity index (χ1v) is 19.1. The Kier molecular flexibility index (Phi) is 9.01. The van der Waals surface area contributed by atoms with Crippen LogP contribution in [0.5, 0.6) is 17.6 Å². The third-order valence-electron chi connectivity index (χ3n) is 12.3. The van der Waals surface area contributed by atoms with Gasteiger partial charge in [0.2, 0.25) is 5.88 Å². The summed E-state index contributed by atoms with van der Waals surface area (Å²) in [5.74, 6) is 0.470. The van der Waals surface area contributed by atoms with Crippen molar-refractivity contribution < 1.29 is 42.7 Å². The molecule has 2 saturated carbocycles. The number of pyridine rings is 1. The molecular weight excluding hydrogens is 712 g/mol. The second-order valence-electron chi connectivity index (χ2n) is 16.0.